The Morgan fingerprint density at radius 2 is 1.77 bits per heavy atom. The SMILES string of the molecule is CN=C(NCCc1ccc(OC)c(OC)c1)NCCc1nc(C)c(C)s1. The highest BCUT2D eigenvalue weighted by atomic mass is 32.1. The molecule has 1 aromatic carbocycles. The Kier molecular flexibility index (Phi) is 7.72. The van der Waals surface area contributed by atoms with Crippen LogP contribution in [0.25, 0.3) is 0 Å². The van der Waals surface area contributed by atoms with Crippen LogP contribution in [-0.4, -0.2) is 45.3 Å². The fraction of sp³-hybridized carbons (Fsp3) is 0.474. The van der Waals surface area contributed by atoms with Crippen LogP contribution in [-0.2, 0) is 12.8 Å². The van der Waals surface area contributed by atoms with E-state index < -0.39 is 0 Å². The number of benzene rings is 1. The summed E-state index contributed by atoms with van der Waals surface area (Å²) in [7, 11) is 5.07. The molecular weight excluding hydrogens is 348 g/mol. The van der Waals surface area contributed by atoms with E-state index in [4.69, 9.17) is 9.47 Å². The molecule has 142 valence electrons. The standard InChI is InChI=1S/C19H28N4O2S/c1-13-14(2)26-18(23-13)9-11-22-19(20-3)21-10-8-15-6-7-16(24-4)17(12-15)25-5/h6-7,12H,8-11H2,1-5H3,(H2,20,21,22). The van der Waals surface area contributed by atoms with Crippen molar-refractivity contribution in [2.24, 2.45) is 4.99 Å². The molecule has 0 spiro atoms. The molecule has 26 heavy (non-hydrogen) atoms. The zero-order valence-corrected chi connectivity index (χ0v) is 17.0. The molecule has 0 aliphatic carbocycles. The molecule has 2 rings (SSSR count). The first-order valence-electron chi connectivity index (χ1n) is 8.65. The van der Waals surface area contributed by atoms with Crippen molar-refractivity contribution in [2.75, 3.05) is 34.4 Å². The molecule has 0 bridgehead atoms. The zero-order valence-electron chi connectivity index (χ0n) is 16.2. The van der Waals surface area contributed by atoms with E-state index in [0.717, 1.165) is 54.1 Å². The number of hydrogen-bond acceptors (Lipinski definition) is 5. The molecule has 0 saturated heterocycles. The van der Waals surface area contributed by atoms with Gasteiger partial charge in [0.2, 0.25) is 0 Å². The van der Waals surface area contributed by atoms with Crippen molar-refractivity contribution in [3.05, 3.63) is 39.3 Å². The topological polar surface area (TPSA) is 67.8 Å². The number of hydrogen-bond donors (Lipinski definition) is 2. The largest absolute Gasteiger partial charge is 0.493 e. The van der Waals surface area contributed by atoms with Gasteiger partial charge >= 0.3 is 0 Å². The van der Waals surface area contributed by atoms with Crippen LogP contribution in [0.1, 0.15) is 21.1 Å². The van der Waals surface area contributed by atoms with Gasteiger partial charge in [-0.15, -0.1) is 11.3 Å². The predicted octanol–water partition coefficient (Wildman–Crippen LogP) is 2.73. The lowest BCUT2D eigenvalue weighted by Crippen LogP contribution is -2.39. The number of ether oxygens (including phenoxy) is 2. The number of aromatic nitrogens is 1. The highest BCUT2D eigenvalue weighted by Gasteiger charge is 2.06. The maximum absolute atomic E-state index is 5.34. The maximum Gasteiger partial charge on any atom is 0.191 e. The van der Waals surface area contributed by atoms with Crippen LogP contribution >= 0.6 is 11.3 Å². The Hall–Kier alpha value is -2.28. The number of rotatable bonds is 8. The van der Waals surface area contributed by atoms with Gasteiger partial charge in [-0.25, -0.2) is 4.98 Å². The van der Waals surface area contributed by atoms with E-state index in [-0.39, 0.29) is 0 Å². The van der Waals surface area contributed by atoms with Crippen molar-refractivity contribution < 1.29 is 9.47 Å². The van der Waals surface area contributed by atoms with Gasteiger partial charge in [0.25, 0.3) is 0 Å². The number of guanidine groups is 1. The summed E-state index contributed by atoms with van der Waals surface area (Å²) in [6.45, 7) is 5.75. The molecule has 2 N–H and O–H groups in total. The highest BCUT2D eigenvalue weighted by Crippen LogP contribution is 2.27. The van der Waals surface area contributed by atoms with E-state index in [0.29, 0.717) is 0 Å². The molecule has 0 saturated carbocycles. The fourth-order valence-corrected chi connectivity index (χ4v) is 3.45. The van der Waals surface area contributed by atoms with Gasteiger partial charge in [0.15, 0.2) is 17.5 Å². The number of aliphatic imine (C=N–C) groups is 1. The van der Waals surface area contributed by atoms with Crippen molar-refractivity contribution in [1.82, 2.24) is 15.6 Å². The molecule has 6 nitrogen and oxygen atoms in total. The van der Waals surface area contributed by atoms with Gasteiger partial charge in [0.1, 0.15) is 0 Å². The zero-order chi connectivity index (χ0) is 18.9. The first-order valence-corrected chi connectivity index (χ1v) is 9.47. The summed E-state index contributed by atoms with van der Waals surface area (Å²) < 4.78 is 10.6. The summed E-state index contributed by atoms with van der Waals surface area (Å²) in [5.41, 5.74) is 2.31. The second-order valence-electron chi connectivity index (χ2n) is 5.86. The van der Waals surface area contributed by atoms with Crippen LogP contribution < -0.4 is 20.1 Å². The summed E-state index contributed by atoms with van der Waals surface area (Å²) in [6, 6.07) is 5.98. The minimum Gasteiger partial charge on any atom is -0.493 e. The lowest BCUT2D eigenvalue weighted by atomic mass is 10.1. The first-order chi connectivity index (χ1) is 12.6. The number of thiazole rings is 1. The van der Waals surface area contributed by atoms with E-state index >= 15 is 0 Å². The summed E-state index contributed by atoms with van der Waals surface area (Å²) >= 11 is 1.76. The van der Waals surface area contributed by atoms with E-state index in [1.165, 1.54) is 10.4 Å². The molecule has 2 aromatic rings. The third-order valence-corrected chi connectivity index (χ3v) is 5.21. The first kappa shape index (κ1) is 20.0. The van der Waals surface area contributed by atoms with Gasteiger partial charge in [-0.2, -0.15) is 0 Å². The molecule has 0 amide bonds. The Labute approximate surface area is 159 Å². The Balaban J connectivity index is 1.76. The van der Waals surface area contributed by atoms with Gasteiger partial charge < -0.3 is 20.1 Å². The minimum absolute atomic E-state index is 0.745. The molecule has 0 atom stereocenters. The van der Waals surface area contributed by atoms with Crippen molar-refractivity contribution in [3.63, 3.8) is 0 Å². The molecule has 0 radical (unpaired) electrons. The second-order valence-corrected chi connectivity index (χ2v) is 7.15. The van der Waals surface area contributed by atoms with Gasteiger partial charge in [-0.3, -0.25) is 4.99 Å². The minimum atomic E-state index is 0.745. The van der Waals surface area contributed by atoms with Crippen molar-refractivity contribution in [3.8, 4) is 11.5 Å². The molecule has 0 unspecified atom stereocenters. The van der Waals surface area contributed by atoms with Gasteiger partial charge in [0.05, 0.1) is 24.9 Å². The summed E-state index contributed by atoms with van der Waals surface area (Å²) in [6.07, 6.45) is 1.77. The van der Waals surface area contributed by atoms with E-state index in [1.54, 1.807) is 32.6 Å². The van der Waals surface area contributed by atoms with Crippen LogP contribution in [0.5, 0.6) is 11.5 Å². The maximum atomic E-state index is 5.34. The Morgan fingerprint density at radius 1 is 1.08 bits per heavy atom. The lowest BCUT2D eigenvalue weighted by molar-refractivity contribution is 0.354. The number of nitrogens with one attached hydrogen (secondary N) is 2. The second kappa shape index (κ2) is 10.0. The molecule has 7 heteroatoms. The van der Waals surface area contributed by atoms with Crippen LogP contribution in [0.2, 0.25) is 0 Å². The number of nitrogens with zero attached hydrogens (tertiary/aromatic N) is 2. The van der Waals surface area contributed by atoms with Gasteiger partial charge in [-0.1, -0.05) is 6.07 Å². The third-order valence-electron chi connectivity index (χ3n) is 4.08. The van der Waals surface area contributed by atoms with Gasteiger partial charge in [-0.05, 0) is 38.0 Å². The van der Waals surface area contributed by atoms with Crippen molar-refractivity contribution in [1.29, 1.82) is 0 Å². The lowest BCUT2D eigenvalue weighted by Gasteiger charge is -2.12. The fourth-order valence-electron chi connectivity index (χ4n) is 2.52. The monoisotopic (exact) mass is 376 g/mol. The average Bonchev–Trinajstić information content (AvgIpc) is 2.97. The van der Waals surface area contributed by atoms with E-state index in [2.05, 4.69) is 34.5 Å². The molecule has 1 aromatic heterocycles. The van der Waals surface area contributed by atoms with Crippen LogP contribution in [0, 0.1) is 13.8 Å². The smallest absolute Gasteiger partial charge is 0.191 e. The molecule has 0 fully saturated rings. The molecule has 0 aliphatic heterocycles. The van der Waals surface area contributed by atoms with E-state index in [1.807, 2.05) is 18.2 Å². The van der Waals surface area contributed by atoms with Crippen LogP contribution in [0.4, 0.5) is 0 Å². The van der Waals surface area contributed by atoms with Crippen LogP contribution in [0.15, 0.2) is 23.2 Å². The Morgan fingerprint density at radius 3 is 2.35 bits per heavy atom. The predicted molar refractivity (Wildman–Crippen MR) is 108 cm³/mol. The molecule has 0 aliphatic rings. The molecule has 1 heterocycles. The summed E-state index contributed by atoms with van der Waals surface area (Å²) in [5, 5.41) is 7.83. The van der Waals surface area contributed by atoms with Crippen molar-refractivity contribution in [2.45, 2.75) is 26.7 Å². The van der Waals surface area contributed by atoms with Crippen molar-refractivity contribution >= 4 is 17.3 Å². The number of aryl methyl sites for hydroxylation is 2. The van der Waals surface area contributed by atoms with Gasteiger partial charge in [0, 0.05) is 31.4 Å². The summed E-state index contributed by atoms with van der Waals surface area (Å²) in [4.78, 5) is 10.1. The quantitative estimate of drug-likeness (QED) is 0.548. The van der Waals surface area contributed by atoms with E-state index in [9.17, 15) is 0 Å². The summed E-state index contributed by atoms with van der Waals surface area (Å²) in [5.74, 6) is 2.30. The highest BCUT2D eigenvalue weighted by molar-refractivity contribution is 7.11. The number of methoxy groups -OCH3 is 2. The molecular formula is C19H28N4O2S. The Bertz CT molecular complexity index is 724. The van der Waals surface area contributed by atoms with Crippen LogP contribution in [0.3, 0.4) is 0 Å². The third kappa shape index (κ3) is 5.62. The average molecular weight is 377 g/mol. The normalized spacial score (nSPS) is 11.3.